The summed E-state index contributed by atoms with van der Waals surface area (Å²) in [6.45, 7) is 1.81. The van der Waals surface area contributed by atoms with Crippen molar-refractivity contribution in [1.82, 2.24) is 9.78 Å². The lowest BCUT2D eigenvalue weighted by Gasteiger charge is -2.14. The lowest BCUT2D eigenvalue weighted by atomic mass is 10.1. The highest BCUT2D eigenvalue weighted by atomic mass is 19.1. The third kappa shape index (κ3) is 2.61. The van der Waals surface area contributed by atoms with Crippen molar-refractivity contribution < 1.29 is 8.78 Å². The van der Waals surface area contributed by atoms with Crippen LogP contribution in [-0.2, 0) is 7.05 Å². The van der Waals surface area contributed by atoms with Crippen LogP contribution in [0.4, 0.5) is 14.5 Å². The van der Waals surface area contributed by atoms with Gasteiger partial charge in [-0.25, -0.2) is 8.78 Å². The minimum absolute atomic E-state index is 0.250. The van der Waals surface area contributed by atoms with Crippen LogP contribution in [0, 0.1) is 11.6 Å². The normalized spacial score (nSPS) is 12.5. The largest absolute Gasteiger partial charge is 0.376 e. The highest BCUT2D eigenvalue weighted by Crippen LogP contribution is 2.21. The molecule has 1 aromatic carbocycles. The third-order valence-corrected chi connectivity index (χ3v) is 2.52. The van der Waals surface area contributed by atoms with Crippen LogP contribution in [0.2, 0.25) is 0 Å². The minimum atomic E-state index is -0.570. The van der Waals surface area contributed by atoms with Crippen molar-refractivity contribution in [2.75, 3.05) is 5.32 Å². The van der Waals surface area contributed by atoms with Crippen LogP contribution >= 0.6 is 0 Å². The van der Waals surface area contributed by atoms with Crippen molar-refractivity contribution in [3.05, 3.63) is 47.8 Å². The molecule has 0 saturated carbocycles. The van der Waals surface area contributed by atoms with Crippen LogP contribution in [0.15, 0.2) is 30.6 Å². The Morgan fingerprint density at radius 1 is 1.35 bits per heavy atom. The number of nitrogens with one attached hydrogen (secondary N) is 1. The van der Waals surface area contributed by atoms with Crippen LogP contribution in [0.3, 0.4) is 0 Å². The topological polar surface area (TPSA) is 29.9 Å². The quantitative estimate of drug-likeness (QED) is 0.889. The zero-order valence-electron chi connectivity index (χ0n) is 9.61. The van der Waals surface area contributed by atoms with Gasteiger partial charge in [0.05, 0.1) is 17.9 Å². The zero-order chi connectivity index (χ0) is 12.4. The first-order valence-corrected chi connectivity index (χ1v) is 5.26. The Balaban J connectivity index is 2.17. The second-order valence-corrected chi connectivity index (χ2v) is 3.93. The molecule has 1 atom stereocenters. The van der Waals surface area contributed by atoms with Crippen molar-refractivity contribution in [3.8, 4) is 0 Å². The summed E-state index contributed by atoms with van der Waals surface area (Å²) in [6.07, 6.45) is 3.44. The van der Waals surface area contributed by atoms with Crippen molar-refractivity contribution in [3.63, 3.8) is 0 Å². The van der Waals surface area contributed by atoms with Gasteiger partial charge in [-0.3, -0.25) is 4.68 Å². The van der Waals surface area contributed by atoms with Crippen molar-refractivity contribution in [2.24, 2.45) is 7.05 Å². The number of rotatable bonds is 3. The molecule has 0 aliphatic rings. The monoisotopic (exact) mass is 237 g/mol. The fourth-order valence-electron chi connectivity index (χ4n) is 1.68. The molecule has 1 N–H and O–H groups in total. The van der Waals surface area contributed by atoms with Gasteiger partial charge >= 0.3 is 0 Å². The number of benzene rings is 1. The molecule has 17 heavy (non-hydrogen) atoms. The van der Waals surface area contributed by atoms with Crippen LogP contribution in [0.25, 0.3) is 0 Å². The number of halogens is 2. The third-order valence-electron chi connectivity index (χ3n) is 2.52. The van der Waals surface area contributed by atoms with Crippen molar-refractivity contribution >= 4 is 5.69 Å². The van der Waals surface area contributed by atoms with E-state index in [2.05, 4.69) is 10.4 Å². The molecular weight excluding hydrogens is 224 g/mol. The maximum absolute atomic E-state index is 13.5. The van der Waals surface area contributed by atoms with Gasteiger partial charge < -0.3 is 5.32 Å². The van der Waals surface area contributed by atoms with Crippen LogP contribution in [-0.4, -0.2) is 9.78 Å². The smallest absolute Gasteiger partial charge is 0.131 e. The molecule has 2 rings (SSSR count). The van der Waals surface area contributed by atoms with Gasteiger partial charge in [0, 0.05) is 24.9 Å². The Morgan fingerprint density at radius 3 is 2.71 bits per heavy atom. The molecule has 0 radical (unpaired) electrons. The van der Waals surface area contributed by atoms with Crippen LogP contribution in [0.1, 0.15) is 18.5 Å². The van der Waals surface area contributed by atoms with Gasteiger partial charge in [-0.05, 0) is 13.0 Å². The van der Waals surface area contributed by atoms with E-state index in [1.807, 2.05) is 6.92 Å². The Bertz CT molecular complexity index is 522. The molecule has 1 heterocycles. The SMILES string of the molecule is CC(Nc1cnn(C)c1)c1ccc(F)cc1F. The van der Waals surface area contributed by atoms with Gasteiger partial charge in [0.2, 0.25) is 0 Å². The molecule has 0 aliphatic heterocycles. The summed E-state index contributed by atoms with van der Waals surface area (Å²) < 4.78 is 27.9. The fraction of sp³-hybridized carbons (Fsp3) is 0.250. The summed E-state index contributed by atoms with van der Waals surface area (Å²) >= 11 is 0. The standard InChI is InChI=1S/C12H13F2N3/c1-8(16-10-6-15-17(2)7-10)11-4-3-9(13)5-12(11)14/h3-8,16H,1-2H3. The summed E-state index contributed by atoms with van der Waals surface area (Å²) in [5.74, 6) is -1.12. The highest BCUT2D eigenvalue weighted by molar-refractivity contribution is 5.41. The first-order chi connectivity index (χ1) is 8.06. The molecule has 0 amide bonds. The van der Waals surface area contributed by atoms with Gasteiger partial charge in [0.25, 0.3) is 0 Å². The maximum Gasteiger partial charge on any atom is 0.131 e. The van der Waals surface area contributed by atoms with Crippen molar-refractivity contribution in [1.29, 1.82) is 0 Å². The fourth-order valence-corrected chi connectivity index (χ4v) is 1.68. The second-order valence-electron chi connectivity index (χ2n) is 3.93. The predicted molar refractivity (Wildman–Crippen MR) is 61.6 cm³/mol. The number of aromatic nitrogens is 2. The molecule has 0 aliphatic carbocycles. The van der Waals surface area contributed by atoms with Gasteiger partial charge in [-0.2, -0.15) is 5.10 Å². The summed E-state index contributed by atoms with van der Waals surface area (Å²) in [4.78, 5) is 0. The molecular formula is C12H13F2N3. The van der Waals surface area contributed by atoms with E-state index in [1.54, 1.807) is 24.1 Å². The van der Waals surface area contributed by atoms with Crippen LogP contribution < -0.4 is 5.32 Å². The Hall–Kier alpha value is -1.91. The Morgan fingerprint density at radius 2 is 2.12 bits per heavy atom. The number of nitrogens with zero attached hydrogens (tertiary/aromatic N) is 2. The average Bonchev–Trinajstić information content (AvgIpc) is 2.63. The lowest BCUT2D eigenvalue weighted by Crippen LogP contribution is -2.08. The van der Waals surface area contributed by atoms with E-state index >= 15 is 0 Å². The van der Waals surface area contributed by atoms with Crippen LogP contribution in [0.5, 0.6) is 0 Å². The predicted octanol–water partition coefficient (Wildman–Crippen LogP) is 2.87. The van der Waals surface area contributed by atoms with Gasteiger partial charge in [0.15, 0.2) is 0 Å². The zero-order valence-corrected chi connectivity index (χ0v) is 9.61. The molecule has 0 bridgehead atoms. The minimum Gasteiger partial charge on any atom is -0.376 e. The number of anilines is 1. The Labute approximate surface area is 98.1 Å². The summed E-state index contributed by atoms with van der Waals surface area (Å²) in [5.41, 5.74) is 1.22. The van der Waals surface area contributed by atoms with E-state index in [4.69, 9.17) is 0 Å². The number of hydrogen-bond acceptors (Lipinski definition) is 2. The average molecular weight is 237 g/mol. The van der Waals surface area contributed by atoms with Gasteiger partial charge in [-0.1, -0.05) is 6.07 Å². The Kier molecular flexibility index (Phi) is 3.08. The molecule has 5 heteroatoms. The summed E-state index contributed by atoms with van der Waals surface area (Å²) in [5, 5.41) is 7.09. The summed E-state index contributed by atoms with van der Waals surface area (Å²) in [7, 11) is 1.80. The van der Waals surface area contributed by atoms with Gasteiger partial charge in [0.1, 0.15) is 11.6 Å². The molecule has 1 aromatic heterocycles. The van der Waals surface area contributed by atoms with E-state index in [9.17, 15) is 8.78 Å². The number of hydrogen-bond donors (Lipinski definition) is 1. The molecule has 0 saturated heterocycles. The molecule has 0 fully saturated rings. The maximum atomic E-state index is 13.5. The van der Waals surface area contributed by atoms with E-state index in [0.29, 0.717) is 5.56 Å². The number of aryl methyl sites for hydroxylation is 1. The molecule has 90 valence electrons. The molecule has 0 spiro atoms. The first-order valence-electron chi connectivity index (χ1n) is 5.26. The molecule has 2 aromatic rings. The van der Waals surface area contributed by atoms with Gasteiger partial charge in [-0.15, -0.1) is 0 Å². The van der Waals surface area contributed by atoms with Crippen molar-refractivity contribution in [2.45, 2.75) is 13.0 Å². The lowest BCUT2D eigenvalue weighted by molar-refractivity contribution is 0.566. The van der Waals surface area contributed by atoms with E-state index in [0.717, 1.165) is 11.8 Å². The highest BCUT2D eigenvalue weighted by Gasteiger charge is 2.12. The molecule has 1 unspecified atom stereocenters. The first kappa shape index (κ1) is 11.6. The van der Waals surface area contributed by atoms with E-state index in [1.165, 1.54) is 12.1 Å². The summed E-state index contributed by atoms with van der Waals surface area (Å²) in [6, 6.07) is 3.33. The van der Waals surface area contributed by atoms with E-state index in [-0.39, 0.29) is 6.04 Å². The second kappa shape index (κ2) is 4.53. The molecule has 3 nitrogen and oxygen atoms in total. The van der Waals surface area contributed by atoms with E-state index < -0.39 is 11.6 Å².